The van der Waals surface area contributed by atoms with E-state index in [9.17, 15) is 35.2 Å². The van der Waals surface area contributed by atoms with E-state index in [1.165, 1.54) is 53.5 Å². The molecule has 3 N–H and O–H groups in total. The number of anilines is 3. The Hall–Kier alpha value is -4.72. The number of hydrogen-bond acceptors (Lipinski definition) is 11. The number of hydrogen-bond donors (Lipinski definition) is 3. The summed E-state index contributed by atoms with van der Waals surface area (Å²) in [5.41, 5.74) is 4.26. The number of rotatable bonds is 9. The van der Waals surface area contributed by atoms with E-state index in [1.807, 2.05) is 0 Å². The van der Waals surface area contributed by atoms with E-state index in [1.54, 1.807) is 30.3 Å². The first-order chi connectivity index (χ1) is 18.7. The van der Waals surface area contributed by atoms with Gasteiger partial charge >= 0.3 is 0 Å². The monoisotopic (exact) mass is 527 g/mol. The zero-order valence-electron chi connectivity index (χ0n) is 20.2. The zero-order chi connectivity index (χ0) is 27.7. The van der Waals surface area contributed by atoms with Crippen molar-refractivity contribution in [1.82, 2.24) is 5.43 Å². The average Bonchev–Trinajstić information content (AvgIpc) is 3.44. The van der Waals surface area contributed by atoms with Gasteiger partial charge in [-0.3, -0.25) is 29.8 Å². The van der Waals surface area contributed by atoms with Gasteiger partial charge in [0.2, 0.25) is 0 Å². The van der Waals surface area contributed by atoms with Gasteiger partial charge in [0.1, 0.15) is 6.17 Å². The van der Waals surface area contributed by atoms with Gasteiger partial charge in [0, 0.05) is 23.3 Å². The van der Waals surface area contributed by atoms with E-state index >= 15 is 0 Å². The summed E-state index contributed by atoms with van der Waals surface area (Å²) < 4.78 is 0. The molecule has 2 heterocycles. The van der Waals surface area contributed by atoms with Crippen LogP contribution in [0.4, 0.5) is 17.1 Å². The minimum absolute atomic E-state index is 0.120. The molecule has 1 atom stereocenters. The zero-order valence-corrected chi connectivity index (χ0v) is 20.2. The molecule has 3 aromatic rings. The molecule has 12 heteroatoms. The highest BCUT2D eigenvalue weighted by atomic mass is 16.8. The summed E-state index contributed by atoms with van der Waals surface area (Å²) >= 11 is 0. The van der Waals surface area contributed by atoms with Gasteiger partial charge in [-0.25, -0.2) is 5.01 Å². The Morgan fingerprint density at radius 3 is 1.97 bits per heavy atom. The van der Waals surface area contributed by atoms with E-state index in [0.717, 1.165) is 0 Å². The molecule has 2 aliphatic rings. The minimum Gasteiger partial charge on any atom is -0.733 e. The average molecular weight is 527 g/mol. The lowest BCUT2D eigenvalue weighted by Gasteiger charge is -2.22. The predicted molar refractivity (Wildman–Crippen MR) is 141 cm³/mol. The summed E-state index contributed by atoms with van der Waals surface area (Å²) in [4.78, 5) is 44.4. The number of allylic oxidation sites excluding steroid dienone is 1. The van der Waals surface area contributed by atoms with Crippen LogP contribution in [-0.4, -0.2) is 39.8 Å². The van der Waals surface area contributed by atoms with Gasteiger partial charge in [0.05, 0.1) is 29.1 Å². The van der Waals surface area contributed by atoms with Gasteiger partial charge in [-0.05, 0) is 42.0 Å². The lowest BCUT2D eigenvalue weighted by Crippen LogP contribution is -2.37. The number of carbonyl (C=O) groups is 3. The maximum absolute atomic E-state index is 13.5. The summed E-state index contributed by atoms with van der Waals surface area (Å²) in [5.74, 6) is -1.34. The molecule has 2 aliphatic heterocycles. The summed E-state index contributed by atoms with van der Waals surface area (Å²) in [6.45, 7) is 0. The third-order valence-electron chi connectivity index (χ3n) is 6.37. The lowest BCUT2D eigenvalue weighted by molar-refractivity contribution is -0.114. The number of Topliss-reactive ketones (excluding diaryl/α,β-unsaturated/α-hetero) is 2. The molecule has 39 heavy (non-hydrogen) atoms. The quantitative estimate of drug-likeness (QED) is 0.276. The number of hydrazine groups is 1. The van der Waals surface area contributed by atoms with Crippen LogP contribution >= 0.6 is 0 Å². The summed E-state index contributed by atoms with van der Waals surface area (Å²) in [6, 6.07) is 19.7. The molecule has 0 aromatic heterocycles. The van der Waals surface area contributed by atoms with Crippen molar-refractivity contribution in [2.24, 2.45) is 4.99 Å². The fraction of sp³-hybridized carbons (Fsp3) is 0.111. The van der Waals surface area contributed by atoms with E-state index in [-0.39, 0.29) is 62.7 Å². The van der Waals surface area contributed by atoms with E-state index < -0.39 is 23.6 Å². The van der Waals surface area contributed by atoms with Crippen LogP contribution in [0, 0.1) is 10.4 Å². The summed E-state index contributed by atoms with van der Waals surface area (Å²) in [7, 11) is 0. The molecule has 1 amide bonds. The van der Waals surface area contributed by atoms with Crippen molar-refractivity contribution < 1.29 is 24.8 Å². The number of fused-ring (bicyclic) bond motifs is 1. The lowest BCUT2D eigenvalue weighted by atomic mass is 9.92. The fourth-order valence-corrected chi connectivity index (χ4v) is 4.49. The van der Waals surface area contributed by atoms with Crippen LogP contribution < -0.4 is 20.9 Å². The second-order valence-electron chi connectivity index (χ2n) is 8.82. The fourth-order valence-electron chi connectivity index (χ4n) is 4.49. The van der Waals surface area contributed by atoms with Crippen LogP contribution in [0.1, 0.15) is 33.6 Å². The normalized spacial score (nSPS) is 16.3. The second kappa shape index (κ2) is 10.6. The molecule has 1 unspecified atom stereocenters. The molecule has 5 rings (SSSR count). The molecule has 0 spiro atoms. The molecular weight excluding hydrogens is 506 g/mol. The van der Waals surface area contributed by atoms with Crippen molar-refractivity contribution in [1.29, 1.82) is 0 Å². The van der Waals surface area contributed by atoms with Crippen molar-refractivity contribution in [3.63, 3.8) is 0 Å². The number of carbonyl (C=O) groups excluding carboxylic acids is 3. The third-order valence-corrected chi connectivity index (χ3v) is 6.37. The molecular formula is C27H21N5O7-2. The maximum atomic E-state index is 13.5. The highest BCUT2D eigenvalue weighted by molar-refractivity contribution is 6.24. The van der Waals surface area contributed by atoms with Crippen LogP contribution in [0.15, 0.2) is 95.0 Å². The highest BCUT2D eigenvalue weighted by Gasteiger charge is 2.43. The first-order valence-electron chi connectivity index (χ1n) is 11.8. The topological polar surface area (TPSA) is 172 Å². The van der Waals surface area contributed by atoms with Crippen LogP contribution in [-0.2, 0) is 4.79 Å². The molecule has 0 bridgehead atoms. The van der Waals surface area contributed by atoms with Crippen LogP contribution in [0.5, 0.6) is 0 Å². The molecule has 198 valence electrons. The second-order valence-corrected chi connectivity index (χ2v) is 8.82. The first kappa shape index (κ1) is 25.9. The summed E-state index contributed by atoms with van der Waals surface area (Å²) in [5, 5.41) is 41.6. The molecule has 12 nitrogen and oxygen atoms in total. The number of nitrogens with zero attached hydrogens (tertiary/aromatic N) is 4. The third kappa shape index (κ3) is 5.18. The van der Waals surface area contributed by atoms with E-state index in [0.29, 0.717) is 5.69 Å². The van der Waals surface area contributed by atoms with Gasteiger partial charge < -0.3 is 20.9 Å². The Morgan fingerprint density at radius 1 is 0.846 bits per heavy atom. The number of aliphatic imine (C=N–C) groups is 1. The predicted octanol–water partition coefficient (Wildman–Crippen LogP) is 3.55. The van der Waals surface area contributed by atoms with E-state index in [4.69, 9.17) is 0 Å². The summed E-state index contributed by atoms with van der Waals surface area (Å²) in [6.07, 6.45) is -1.40. The Labute approximate surface area is 221 Å². The van der Waals surface area contributed by atoms with Crippen LogP contribution in [0.3, 0.4) is 0 Å². The molecule has 1 saturated heterocycles. The SMILES string of the molecule is O=C(CC1=NC2NN(c3ccccc3)C(=O)C2=C1CC(=O)c1cccc(N([O-])O)c1)c1cccc(N([O-])O)c1. The van der Waals surface area contributed by atoms with Crippen LogP contribution in [0.25, 0.3) is 0 Å². The molecule has 1 fully saturated rings. The van der Waals surface area contributed by atoms with Crippen LogP contribution in [0.2, 0.25) is 0 Å². The number of nitrogens with one attached hydrogen (secondary N) is 1. The maximum Gasteiger partial charge on any atom is 0.272 e. The Kier molecular flexibility index (Phi) is 7.02. The van der Waals surface area contributed by atoms with E-state index in [2.05, 4.69) is 10.4 Å². The molecule has 0 saturated carbocycles. The molecule has 0 radical (unpaired) electrons. The Bertz CT molecular complexity index is 1520. The van der Waals surface area contributed by atoms with Gasteiger partial charge in [0.25, 0.3) is 5.91 Å². The largest absolute Gasteiger partial charge is 0.733 e. The molecule has 3 aromatic carbocycles. The van der Waals surface area contributed by atoms with Crippen molar-refractivity contribution in [3.05, 3.63) is 112 Å². The first-order valence-corrected chi connectivity index (χ1v) is 11.8. The van der Waals surface area contributed by atoms with Crippen molar-refractivity contribution in [2.75, 3.05) is 15.5 Å². The van der Waals surface area contributed by atoms with Gasteiger partial charge in [-0.2, -0.15) is 5.43 Å². The van der Waals surface area contributed by atoms with Crippen molar-refractivity contribution in [2.45, 2.75) is 19.0 Å². The van der Waals surface area contributed by atoms with Gasteiger partial charge in [-0.15, -0.1) is 0 Å². The number of ketones is 2. The standard InChI is InChI=1S/C27H21N5O7/c33-23(16-6-4-10-19(12-16)31(36)37)14-21-22(15-24(34)17-7-5-11-20(13-17)32(38)39)28-26-25(21)27(35)30(29-26)18-8-2-1-3-9-18/h1-13,26,29,36,38H,14-15H2/q-2. The van der Waals surface area contributed by atoms with Crippen molar-refractivity contribution in [3.8, 4) is 0 Å². The number of para-hydroxylation sites is 1. The Morgan fingerprint density at radius 2 is 1.41 bits per heavy atom. The minimum atomic E-state index is -0.829. The highest BCUT2D eigenvalue weighted by Crippen LogP contribution is 2.34. The van der Waals surface area contributed by atoms with Crippen molar-refractivity contribution >= 4 is 40.2 Å². The van der Waals surface area contributed by atoms with Gasteiger partial charge in [-0.1, -0.05) is 42.5 Å². The smallest absolute Gasteiger partial charge is 0.272 e. The molecule has 0 aliphatic carbocycles. The number of amides is 1. The van der Waals surface area contributed by atoms with Gasteiger partial charge in [0.15, 0.2) is 11.6 Å². The number of benzene rings is 3. The Balaban J connectivity index is 1.48.